The molecular formula is C18H22N4O2. The summed E-state index contributed by atoms with van der Waals surface area (Å²) in [5.41, 5.74) is 3.00. The zero-order chi connectivity index (χ0) is 16.9. The van der Waals surface area contributed by atoms with E-state index in [9.17, 15) is 9.90 Å². The molecule has 1 unspecified atom stereocenters. The summed E-state index contributed by atoms with van der Waals surface area (Å²) in [6, 6.07) is 7.92. The summed E-state index contributed by atoms with van der Waals surface area (Å²) in [5, 5.41) is 12.2. The Morgan fingerprint density at radius 1 is 1.33 bits per heavy atom. The molecule has 3 rings (SSSR count). The highest BCUT2D eigenvalue weighted by Crippen LogP contribution is 2.35. The zero-order valence-electron chi connectivity index (χ0n) is 13.8. The molecular weight excluding hydrogens is 304 g/mol. The van der Waals surface area contributed by atoms with Crippen LogP contribution in [0, 0.1) is 0 Å². The van der Waals surface area contributed by atoms with Gasteiger partial charge in [-0.15, -0.1) is 0 Å². The highest BCUT2D eigenvalue weighted by Gasteiger charge is 2.30. The fourth-order valence-corrected chi connectivity index (χ4v) is 3.16. The van der Waals surface area contributed by atoms with Gasteiger partial charge in [0.2, 0.25) is 0 Å². The van der Waals surface area contributed by atoms with Crippen molar-refractivity contribution in [2.45, 2.75) is 32.2 Å². The van der Waals surface area contributed by atoms with E-state index >= 15 is 0 Å². The number of benzene rings is 1. The van der Waals surface area contributed by atoms with Gasteiger partial charge >= 0.3 is 6.03 Å². The number of aryl methyl sites for hydroxylation is 2. The molecule has 6 nitrogen and oxygen atoms in total. The van der Waals surface area contributed by atoms with E-state index in [4.69, 9.17) is 0 Å². The molecule has 1 heterocycles. The van der Waals surface area contributed by atoms with Crippen molar-refractivity contribution >= 4 is 11.7 Å². The number of fused-ring (bicyclic) bond motifs is 1. The zero-order valence-corrected chi connectivity index (χ0v) is 13.8. The van der Waals surface area contributed by atoms with E-state index in [1.807, 2.05) is 19.1 Å². The first-order chi connectivity index (χ1) is 11.7. The monoisotopic (exact) mass is 326 g/mol. The summed E-state index contributed by atoms with van der Waals surface area (Å²) in [6.45, 7) is 2.20. The van der Waals surface area contributed by atoms with Gasteiger partial charge in [-0.3, -0.25) is 0 Å². The summed E-state index contributed by atoms with van der Waals surface area (Å²) in [5.74, 6) is 0.741. The Morgan fingerprint density at radius 2 is 2.08 bits per heavy atom. The lowest BCUT2D eigenvalue weighted by atomic mass is 10.1. The normalized spacial score (nSPS) is 15.8. The van der Waals surface area contributed by atoms with Gasteiger partial charge in [-0.25, -0.2) is 14.8 Å². The third kappa shape index (κ3) is 3.38. The Kier molecular flexibility index (Phi) is 5.05. The molecule has 0 saturated heterocycles. The van der Waals surface area contributed by atoms with Crippen molar-refractivity contribution in [3.05, 3.63) is 53.6 Å². The van der Waals surface area contributed by atoms with Crippen LogP contribution in [0.2, 0.25) is 0 Å². The molecule has 1 aromatic heterocycles. The van der Waals surface area contributed by atoms with Crippen LogP contribution in [0.15, 0.2) is 36.7 Å². The molecule has 1 aliphatic carbocycles. The number of aliphatic hydroxyl groups is 1. The number of hydrogen-bond donors (Lipinski definition) is 2. The molecule has 126 valence electrons. The fourth-order valence-electron chi connectivity index (χ4n) is 3.16. The van der Waals surface area contributed by atoms with Crippen molar-refractivity contribution in [1.82, 2.24) is 14.9 Å². The Hall–Kier alpha value is -2.47. The van der Waals surface area contributed by atoms with Crippen molar-refractivity contribution in [3.63, 3.8) is 0 Å². The number of nitrogens with zero attached hydrogens (tertiary/aromatic N) is 3. The number of hydrogen-bond acceptors (Lipinski definition) is 4. The average molecular weight is 326 g/mol. The maximum atomic E-state index is 12.7. The van der Waals surface area contributed by atoms with E-state index < -0.39 is 0 Å². The number of aliphatic hydroxyl groups excluding tert-OH is 1. The lowest BCUT2D eigenvalue weighted by molar-refractivity contribution is 0.162. The van der Waals surface area contributed by atoms with Crippen LogP contribution in [0.4, 0.5) is 10.5 Å². The van der Waals surface area contributed by atoms with E-state index in [1.165, 1.54) is 11.1 Å². The predicted octanol–water partition coefficient (Wildman–Crippen LogP) is 2.55. The molecule has 2 N–H and O–H groups in total. The van der Waals surface area contributed by atoms with Gasteiger partial charge in [-0.2, -0.15) is 0 Å². The molecule has 1 aliphatic rings. The largest absolute Gasteiger partial charge is 0.395 e. The molecule has 1 aromatic carbocycles. The van der Waals surface area contributed by atoms with Crippen LogP contribution in [0.25, 0.3) is 0 Å². The SMILES string of the molecule is CCc1ncc(NC(=O)N(CCO)C2CCc3ccccc32)cn1. The van der Waals surface area contributed by atoms with Crippen molar-refractivity contribution in [1.29, 1.82) is 0 Å². The summed E-state index contributed by atoms with van der Waals surface area (Å²) in [7, 11) is 0. The molecule has 0 fully saturated rings. The van der Waals surface area contributed by atoms with Crippen molar-refractivity contribution in [3.8, 4) is 0 Å². The lowest BCUT2D eigenvalue weighted by Gasteiger charge is -2.29. The highest BCUT2D eigenvalue weighted by molar-refractivity contribution is 5.89. The van der Waals surface area contributed by atoms with E-state index in [2.05, 4.69) is 27.4 Å². The first-order valence-electron chi connectivity index (χ1n) is 8.30. The predicted molar refractivity (Wildman–Crippen MR) is 91.7 cm³/mol. The lowest BCUT2D eigenvalue weighted by Crippen LogP contribution is -2.39. The van der Waals surface area contributed by atoms with Gasteiger partial charge in [-0.1, -0.05) is 31.2 Å². The van der Waals surface area contributed by atoms with Crippen LogP contribution in [0.1, 0.15) is 36.3 Å². The Labute approximate surface area is 141 Å². The number of aromatic nitrogens is 2. The summed E-state index contributed by atoms with van der Waals surface area (Å²) >= 11 is 0. The third-order valence-corrected chi connectivity index (χ3v) is 4.35. The molecule has 0 radical (unpaired) electrons. The molecule has 6 heteroatoms. The second-order valence-corrected chi connectivity index (χ2v) is 5.84. The quantitative estimate of drug-likeness (QED) is 0.885. The number of anilines is 1. The Bertz CT molecular complexity index is 702. The Balaban J connectivity index is 1.76. The van der Waals surface area contributed by atoms with Crippen LogP contribution in [-0.4, -0.2) is 39.2 Å². The number of urea groups is 1. The number of amides is 2. The summed E-state index contributed by atoms with van der Waals surface area (Å²) in [4.78, 5) is 22.8. The first-order valence-corrected chi connectivity index (χ1v) is 8.30. The van der Waals surface area contributed by atoms with Crippen molar-refractivity contribution < 1.29 is 9.90 Å². The summed E-state index contributed by atoms with van der Waals surface area (Å²) in [6.07, 6.45) is 5.80. The minimum atomic E-state index is -0.237. The smallest absolute Gasteiger partial charge is 0.322 e. The molecule has 0 spiro atoms. The van der Waals surface area contributed by atoms with Crippen LogP contribution < -0.4 is 5.32 Å². The number of rotatable bonds is 5. The van der Waals surface area contributed by atoms with Crippen LogP contribution in [-0.2, 0) is 12.8 Å². The van der Waals surface area contributed by atoms with Gasteiger partial charge in [0.25, 0.3) is 0 Å². The topological polar surface area (TPSA) is 78.4 Å². The molecule has 24 heavy (non-hydrogen) atoms. The van der Waals surface area contributed by atoms with Crippen molar-refractivity contribution in [2.24, 2.45) is 0 Å². The third-order valence-electron chi connectivity index (χ3n) is 4.35. The first kappa shape index (κ1) is 16.4. The van der Waals surface area contributed by atoms with Gasteiger partial charge in [0.15, 0.2) is 0 Å². The molecule has 0 saturated carbocycles. The summed E-state index contributed by atoms with van der Waals surface area (Å²) < 4.78 is 0. The second kappa shape index (κ2) is 7.40. The number of nitrogens with one attached hydrogen (secondary N) is 1. The van der Waals surface area contributed by atoms with Gasteiger partial charge in [0.1, 0.15) is 5.82 Å². The van der Waals surface area contributed by atoms with E-state index in [1.54, 1.807) is 17.3 Å². The van der Waals surface area contributed by atoms with Gasteiger partial charge in [-0.05, 0) is 24.0 Å². The minimum Gasteiger partial charge on any atom is -0.395 e. The highest BCUT2D eigenvalue weighted by atomic mass is 16.3. The second-order valence-electron chi connectivity index (χ2n) is 5.84. The number of carbonyl (C=O) groups excluding carboxylic acids is 1. The molecule has 2 amide bonds. The standard InChI is InChI=1S/C18H22N4O2/c1-2-17-19-11-14(12-20-17)21-18(24)22(9-10-23)16-8-7-13-5-3-4-6-15(13)16/h3-6,11-12,16,23H,2,7-10H2,1H3,(H,21,24). The molecule has 0 aliphatic heterocycles. The number of carbonyl (C=O) groups is 1. The van der Waals surface area contributed by atoms with Gasteiger partial charge in [0.05, 0.1) is 30.7 Å². The molecule has 0 bridgehead atoms. The van der Waals surface area contributed by atoms with E-state index in [0.29, 0.717) is 12.2 Å². The average Bonchev–Trinajstić information content (AvgIpc) is 3.04. The van der Waals surface area contributed by atoms with E-state index in [0.717, 1.165) is 25.1 Å². The van der Waals surface area contributed by atoms with Crippen LogP contribution in [0.3, 0.4) is 0 Å². The van der Waals surface area contributed by atoms with Crippen molar-refractivity contribution in [2.75, 3.05) is 18.5 Å². The Morgan fingerprint density at radius 3 is 2.79 bits per heavy atom. The van der Waals surface area contributed by atoms with Gasteiger partial charge in [0, 0.05) is 13.0 Å². The molecule has 2 aromatic rings. The minimum absolute atomic E-state index is 0.0100. The fraction of sp³-hybridized carbons (Fsp3) is 0.389. The maximum absolute atomic E-state index is 12.7. The van der Waals surface area contributed by atoms with Crippen LogP contribution in [0.5, 0.6) is 0 Å². The maximum Gasteiger partial charge on any atom is 0.322 e. The van der Waals surface area contributed by atoms with Gasteiger partial charge < -0.3 is 15.3 Å². The van der Waals surface area contributed by atoms with E-state index in [-0.39, 0.29) is 18.7 Å². The van der Waals surface area contributed by atoms with Crippen LogP contribution >= 0.6 is 0 Å². The molecule has 1 atom stereocenters.